The topological polar surface area (TPSA) is 61.7 Å². The van der Waals surface area contributed by atoms with E-state index in [9.17, 15) is 4.79 Å². The summed E-state index contributed by atoms with van der Waals surface area (Å²) in [6, 6.07) is 6.05. The Balaban J connectivity index is 1.85. The molecule has 18 heavy (non-hydrogen) atoms. The molecule has 1 aromatic carbocycles. The molecule has 5 heteroatoms. The number of hydrazone groups is 1. The van der Waals surface area contributed by atoms with Gasteiger partial charge in [0.25, 0.3) is 5.91 Å². The van der Waals surface area contributed by atoms with Gasteiger partial charge in [0, 0.05) is 17.0 Å². The van der Waals surface area contributed by atoms with E-state index in [0.717, 1.165) is 6.42 Å². The number of hydrogen-bond donors (Lipinski definition) is 2. The van der Waals surface area contributed by atoms with Crippen molar-refractivity contribution in [2.24, 2.45) is 5.10 Å². The van der Waals surface area contributed by atoms with Crippen LogP contribution in [-0.2, 0) is 0 Å². The van der Waals surface area contributed by atoms with Gasteiger partial charge in [-0.05, 0) is 42.5 Å². The van der Waals surface area contributed by atoms with Crippen LogP contribution >= 0.6 is 11.8 Å². The standard InChI is InChI=1S/C13H14N2O2S/c1-9-2-7-12(18-9)8-14-15-13(17)10-3-5-11(16)6-4-10/h2-6,8,12,16H,7H2,1H3,(H,15,17)/b14-8+. The van der Waals surface area contributed by atoms with Crippen LogP contribution in [0.15, 0.2) is 40.3 Å². The second kappa shape index (κ2) is 5.73. The van der Waals surface area contributed by atoms with Crippen molar-refractivity contribution in [3.05, 3.63) is 40.8 Å². The predicted octanol–water partition coefficient (Wildman–Crippen LogP) is 2.52. The molecule has 1 atom stereocenters. The number of thioether (sulfide) groups is 1. The van der Waals surface area contributed by atoms with Crippen LogP contribution in [0.4, 0.5) is 0 Å². The Labute approximate surface area is 110 Å². The number of benzene rings is 1. The summed E-state index contributed by atoms with van der Waals surface area (Å²) in [6.45, 7) is 2.06. The summed E-state index contributed by atoms with van der Waals surface area (Å²) in [5.74, 6) is -0.141. The Bertz CT molecular complexity index is 494. The molecule has 2 N–H and O–H groups in total. The fourth-order valence-corrected chi connectivity index (χ4v) is 2.55. The maximum atomic E-state index is 11.7. The van der Waals surface area contributed by atoms with Crippen molar-refractivity contribution in [3.63, 3.8) is 0 Å². The Morgan fingerprint density at radius 1 is 1.50 bits per heavy atom. The lowest BCUT2D eigenvalue weighted by Crippen LogP contribution is -2.18. The molecular weight excluding hydrogens is 248 g/mol. The maximum absolute atomic E-state index is 11.7. The molecule has 0 aromatic heterocycles. The second-order valence-corrected chi connectivity index (χ2v) is 5.46. The number of phenolic OH excluding ortho intramolecular Hbond substituents is 1. The smallest absolute Gasteiger partial charge is 0.271 e. The minimum Gasteiger partial charge on any atom is -0.508 e. The first kappa shape index (κ1) is 12.7. The monoisotopic (exact) mass is 262 g/mol. The van der Waals surface area contributed by atoms with E-state index < -0.39 is 0 Å². The van der Waals surface area contributed by atoms with E-state index in [1.165, 1.54) is 17.0 Å². The van der Waals surface area contributed by atoms with E-state index >= 15 is 0 Å². The summed E-state index contributed by atoms with van der Waals surface area (Å²) in [4.78, 5) is 13.0. The summed E-state index contributed by atoms with van der Waals surface area (Å²) in [5.41, 5.74) is 2.94. The first-order valence-electron chi connectivity index (χ1n) is 5.61. The van der Waals surface area contributed by atoms with Crippen molar-refractivity contribution < 1.29 is 9.90 Å². The second-order valence-electron chi connectivity index (χ2n) is 3.97. The number of phenols is 1. The minimum absolute atomic E-state index is 0.138. The highest BCUT2D eigenvalue weighted by molar-refractivity contribution is 8.04. The van der Waals surface area contributed by atoms with Gasteiger partial charge in [0.15, 0.2) is 0 Å². The molecule has 0 radical (unpaired) electrons. The predicted molar refractivity (Wildman–Crippen MR) is 73.8 cm³/mol. The van der Waals surface area contributed by atoms with Crippen LogP contribution < -0.4 is 5.43 Å². The number of allylic oxidation sites excluding steroid dienone is 2. The first-order chi connectivity index (χ1) is 8.65. The molecule has 94 valence electrons. The summed E-state index contributed by atoms with van der Waals surface area (Å²) < 4.78 is 0. The van der Waals surface area contributed by atoms with Crippen LogP contribution in [-0.4, -0.2) is 22.5 Å². The Morgan fingerprint density at radius 3 is 2.83 bits per heavy atom. The molecule has 1 heterocycles. The van der Waals surface area contributed by atoms with Gasteiger partial charge in [-0.1, -0.05) is 6.08 Å². The van der Waals surface area contributed by atoms with Gasteiger partial charge in [-0.25, -0.2) is 5.43 Å². The molecule has 4 nitrogen and oxygen atoms in total. The van der Waals surface area contributed by atoms with Gasteiger partial charge in [-0.3, -0.25) is 4.79 Å². The van der Waals surface area contributed by atoms with Crippen molar-refractivity contribution in [2.45, 2.75) is 18.6 Å². The summed E-state index contributed by atoms with van der Waals surface area (Å²) >= 11 is 1.74. The molecule has 1 aliphatic heterocycles. The third kappa shape index (κ3) is 3.37. The third-order valence-corrected chi connectivity index (χ3v) is 3.67. The number of nitrogens with one attached hydrogen (secondary N) is 1. The number of amides is 1. The van der Waals surface area contributed by atoms with Gasteiger partial charge in [0.1, 0.15) is 5.75 Å². The van der Waals surface area contributed by atoms with E-state index in [2.05, 4.69) is 23.5 Å². The molecular formula is C13H14N2O2S. The number of nitrogens with zero attached hydrogens (tertiary/aromatic N) is 1. The van der Waals surface area contributed by atoms with Gasteiger partial charge in [0.2, 0.25) is 0 Å². The number of rotatable bonds is 3. The Morgan fingerprint density at radius 2 is 2.22 bits per heavy atom. The largest absolute Gasteiger partial charge is 0.508 e. The molecule has 0 bridgehead atoms. The van der Waals surface area contributed by atoms with Crippen molar-refractivity contribution in [2.75, 3.05) is 0 Å². The van der Waals surface area contributed by atoms with E-state index in [1.807, 2.05) is 0 Å². The summed E-state index contributed by atoms with van der Waals surface area (Å²) in [6.07, 6.45) is 4.86. The highest BCUT2D eigenvalue weighted by Gasteiger charge is 2.12. The normalized spacial score (nSPS) is 18.9. The van der Waals surface area contributed by atoms with Crippen molar-refractivity contribution in [1.82, 2.24) is 5.43 Å². The molecule has 1 unspecified atom stereocenters. The number of carbonyl (C=O) groups excluding carboxylic acids is 1. The molecule has 0 saturated heterocycles. The fourth-order valence-electron chi connectivity index (χ4n) is 1.56. The SMILES string of the molecule is CC1=CCC(/C=N/NC(=O)c2ccc(O)cc2)S1. The van der Waals surface area contributed by atoms with Crippen LogP contribution in [0.3, 0.4) is 0 Å². The van der Waals surface area contributed by atoms with Crippen LogP contribution in [0.25, 0.3) is 0 Å². The van der Waals surface area contributed by atoms with Crippen LogP contribution in [0.2, 0.25) is 0 Å². The Hall–Kier alpha value is -1.75. The van der Waals surface area contributed by atoms with Gasteiger partial charge in [0.05, 0.1) is 0 Å². The molecule has 1 aromatic rings. The van der Waals surface area contributed by atoms with Crippen molar-refractivity contribution >= 4 is 23.9 Å². The van der Waals surface area contributed by atoms with E-state index in [1.54, 1.807) is 30.1 Å². The van der Waals surface area contributed by atoms with E-state index in [-0.39, 0.29) is 11.7 Å². The van der Waals surface area contributed by atoms with Crippen LogP contribution in [0.1, 0.15) is 23.7 Å². The molecule has 2 rings (SSSR count). The lowest BCUT2D eigenvalue weighted by molar-refractivity contribution is 0.0955. The van der Waals surface area contributed by atoms with Gasteiger partial charge in [-0.15, -0.1) is 11.8 Å². The van der Waals surface area contributed by atoms with E-state index in [0.29, 0.717) is 10.8 Å². The molecule has 0 saturated carbocycles. The number of aromatic hydroxyl groups is 1. The lowest BCUT2D eigenvalue weighted by Gasteiger charge is -2.02. The molecule has 0 fully saturated rings. The zero-order valence-corrected chi connectivity index (χ0v) is 10.8. The molecule has 0 aliphatic carbocycles. The third-order valence-electron chi connectivity index (χ3n) is 2.51. The van der Waals surface area contributed by atoms with Crippen LogP contribution in [0.5, 0.6) is 5.75 Å². The zero-order valence-electron chi connectivity index (χ0n) is 9.96. The highest BCUT2D eigenvalue weighted by Crippen LogP contribution is 2.30. The molecule has 0 spiro atoms. The molecule has 1 amide bonds. The number of carbonyl (C=O) groups is 1. The van der Waals surface area contributed by atoms with Gasteiger partial charge < -0.3 is 5.11 Å². The lowest BCUT2D eigenvalue weighted by atomic mass is 10.2. The van der Waals surface area contributed by atoms with Crippen molar-refractivity contribution in [1.29, 1.82) is 0 Å². The minimum atomic E-state index is -0.279. The number of hydrogen-bond acceptors (Lipinski definition) is 4. The highest BCUT2D eigenvalue weighted by atomic mass is 32.2. The maximum Gasteiger partial charge on any atom is 0.271 e. The average molecular weight is 262 g/mol. The summed E-state index contributed by atoms with van der Waals surface area (Å²) in [5, 5.41) is 13.4. The van der Waals surface area contributed by atoms with Crippen molar-refractivity contribution in [3.8, 4) is 5.75 Å². The van der Waals surface area contributed by atoms with Gasteiger partial charge >= 0.3 is 0 Å². The van der Waals surface area contributed by atoms with E-state index in [4.69, 9.17) is 5.11 Å². The molecule has 1 aliphatic rings. The zero-order chi connectivity index (χ0) is 13.0. The van der Waals surface area contributed by atoms with Crippen LogP contribution in [0, 0.1) is 0 Å². The summed E-state index contributed by atoms with van der Waals surface area (Å²) in [7, 11) is 0. The first-order valence-corrected chi connectivity index (χ1v) is 6.49. The Kier molecular flexibility index (Phi) is 4.04. The quantitative estimate of drug-likeness (QED) is 0.650. The van der Waals surface area contributed by atoms with Gasteiger partial charge in [-0.2, -0.15) is 5.10 Å². The average Bonchev–Trinajstić information content (AvgIpc) is 2.76. The fraction of sp³-hybridized carbons (Fsp3) is 0.231.